The number of hydrogen-bond donors (Lipinski definition) is 2. The number of hydrogen-bond acceptors (Lipinski definition) is 1. The molecular weight excluding hydrogens is 126 g/mol. The maximum Gasteiger partial charge on any atom is 0.0855 e. The molecule has 0 spiro atoms. The summed E-state index contributed by atoms with van der Waals surface area (Å²) < 4.78 is 0. The zero-order valence-electron chi connectivity index (χ0n) is 6.60. The third-order valence-corrected chi connectivity index (χ3v) is 1.53. The van der Waals surface area contributed by atoms with E-state index in [0.29, 0.717) is 0 Å². The first-order valence-corrected chi connectivity index (χ1v) is 3.38. The molecule has 0 aromatic carbocycles. The van der Waals surface area contributed by atoms with Gasteiger partial charge < -0.3 is 10.1 Å². The quantitative estimate of drug-likeness (QED) is 0.608. The van der Waals surface area contributed by atoms with Gasteiger partial charge in [0.15, 0.2) is 0 Å². The summed E-state index contributed by atoms with van der Waals surface area (Å²) in [4.78, 5) is 3.02. The Morgan fingerprint density at radius 3 is 2.30 bits per heavy atom. The summed E-state index contributed by atoms with van der Waals surface area (Å²) in [7, 11) is 0. The maximum absolute atomic E-state index is 9.48. The number of aryl methyl sites for hydroxylation is 1. The van der Waals surface area contributed by atoms with Crippen molar-refractivity contribution in [1.29, 1.82) is 0 Å². The van der Waals surface area contributed by atoms with Crippen LogP contribution < -0.4 is 0 Å². The molecule has 0 bridgehead atoms. The zero-order chi connectivity index (χ0) is 7.78. The molecule has 0 fully saturated rings. The molecule has 1 aromatic rings. The van der Waals surface area contributed by atoms with E-state index in [1.54, 1.807) is 13.8 Å². The number of nitrogens with one attached hydrogen (secondary N) is 1. The van der Waals surface area contributed by atoms with E-state index in [9.17, 15) is 5.11 Å². The summed E-state index contributed by atoms with van der Waals surface area (Å²) in [5.41, 5.74) is 1.30. The molecule has 2 heteroatoms. The van der Waals surface area contributed by atoms with Gasteiger partial charge in [0.25, 0.3) is 0 Å². The molecule has 0 saturated carbocycles. The average Bonchev–Trinajstić information content (AvgIpc) is 2.11. The fourth-order valence-electron chi connectivity index (χ4n) is 0.861. The Bertz CT molecular complexity index is 219. The van der Waals surface area contributed by atoms with Crippen LogP contribution in [0.15, 0.2) is 12.3 Å². The molecule has 0 unspecified atom stereocenters. The molecule has 1 aromatic heterocycles. The standard InChI is InChI=1S/C8H13NO/c1-6-4-7(5-9-6)8(2,3)10/h4-5,9-10H,1-3H3. The Kier molecular flexibility index (Phi) is 1.57. The predicted octanol–water partition coefficient (Wildman–Crippen LogP) is 1.55. The van der Waals surface area contributed by atoms with Crippen molar-refractivity contribution in [2.24, 2.45) is 0 Å². The first kappa shape index (κ1) is 7.35. The summed E-state index contributed by atoms with van der Waals surface area (Å²) >= 11 is 0. The van der Waals surface area contributed by atoms with E-state index < -0.39 is 5.60 Å². The summed E-state index contributed by atoms with van der Waals surface area (Å²) in [6, 6.07) is 1.94. The first-order chi connectivity index (χ1) is 4.50. The van der Waals surface area contributed by atoms with Crippen molar-refractivity contribution in [2.75, 3.05) is 0 Å². The molecule has 0 aliphatic carbocycles. The van der Waals surface area contributed by atoms with Gasteiger partial charge in [-0.3, -0.25) is 0 Å². The molecule has 0 aliphatic rings. The van der Waals surface area contributed by atoms with Crippen LogP contribution >= 0.6 is 0 Å². The van der Waals surface area contributed by atoms with Gasteiger partial charge in [-0.15, -0.1) is 0 Å². The second-order valence-corrected chi connectivity index (χ2v) is 3.13. The van der Waals surface area contributed by atoms with Crippen LogP contribution in [0, 0.1) is 6.92 Å². The molecule has 2 N–H and O–H groups in total. The lowest BCUT2D eigenvalue weighted by Gasteiger charge is -2.14. The Balaban J connectivity index is 2.96. The minimum absolute atomic E-state index is 0.718. The Morgan fingerprint density at radius 2 is 2.10 bits per heavy atom. The third-order valence-electron chi connectivity index (χ3n) is 1.53. The summed E-state index contributed by atoms with van der Waals surface area (Å²) in [6.07, 6.45) is 1.83. The van der Waals surface area contributed by atoms with Gasteiger partial charge in [0.05, 0.1) is 5.60 Å². The number of aliphatic hydroxyl groups is 1. The molecule has 1 heterocycles. The molecule has 0 atom stereocenters. The van der Waals surface area contributed by atoms with Gasteiger partial charge in [-0.05, 0) is 26.8 Å². The Labute approximate surface area is 60.9 Å². The van der Waals surface area contributed by atoms with Crippen molar-refractivity contribution >= 4 is 0 Å². The molecular formula is C8H13NO. The normalized spacial score (nSPS) is 12.0. The second-order valence-electron chi connectivity index (χ2n) is 3.13. The van der Waals surface area contributed by atoms with E-state index in [1.807, 2.05) is 19.2 Å². The average molecular weight is 139 g/mol. The van der Waals surface area contributed by atoms with Gasteiger partial charge in [0, 0.05) is 17.5 Å². The molecule has 0 aliphatic heterocycles. The number of H-pyrrole nitrogens is 1. The van der Waals surface area contributed by atoms with E-state index in [2.05, 4.69) is 4.98 Å². The van der Waals surface area contributed by atoms with Gasteiger partial charge in [0.2, 0.25) is 0 Å². The van der Waals surface area contributed by atoms with Crippen molar-refractivity contribution in [3.63, 3.8) is 0 Å². The smallest absolute Gasteiger partial charge is 0.0855 e. The fourth-order valence-corrected chi connectivity index (χ4v) is 0.861. The fraction of sp³-hybridized carbons (Fsp3) is 0.500. The minimum atomic E-state index is -0.718. The highest BCUT2D eigenvalue weighted by Gasteiger charge is 2.16. The summed E-state index contributed by atoms with van der Waals surface area (Å²) in [5.74, 6) is 0. The highest BCUT2D eigenvalue weighted by atomic mass is 16.3. The van der Waals surface area contributed by atoms with Crippen LogP contribution in [0.4, 0.5) is 0 Å². The van der Waals surface area contributed by atoms with Crippen LogP contribution in [0.2, 0.25) is 0 Å². The van der Waals surface area contributed by atoms with Gasteiger partial charge in [-0.1, -0.05) is 0 Å². The van der Waals surface area contributed by atoms with Crippen LogP contribution in [0.25, 0.3) is 0 Å². The molecule has 56 valence electrons. The molecule has 10 heavy (non-hydrogen) atoms. The molecule has 2 nitrogen and oxygen atoms in total. The highest BCUT2D eigenvalue weighted by molar-refractivity contribution is 5.20. The second kappa shape index (κ2) is 2.13. The SMILES string of the molecule is Cc1cc(C(C)(C)O)c[nH]1. The largest absolute Gasteiger partial charge is 0.386 e. The van der Waals surface area contributed by atoms with Crippen molar-refractivity contribution in [3.8, 4) is 0 Å². The lowest BCUT2D eigenvalue weighted by atomic mass is 10.0. The first-order valence-electron chi connectivity index (χ1n) is 3.38. The van der Waals surface area contributed by atoms with Crippen molar-refractivity contribution in [3.05, 3.63) is 23.5 Å². The molecule has 0 saturated heterocycles. The predicted molar refractivity (Wildman–Crippen MR) is 40.8 cm³/mol. The molecule has 0 amide bonds. The summed E-state index contributed by atoms with van der Waals surface area (Å²) in [6.45, 7) is 5.51. The lowest BCUT2D eigenvalue weighted by molar-refractivity contribution is 0.0787. The van der Waals surface area contributed by atoms with Crippen molar-refractivity contribution < 1.29 is 5.11 Å². The highest BCUT2D eigenvalue weighted by Crippen LogP contribution is 2.19. The van der Waals surface area contributed by atoms with E-state index in [-0.39, 0.29) is 0 Å². The van der Waals surface area contributed by atoms with Gasteiger partial charge in [0.1, 0.15) is 0 Å². The van der Waals surface area contributed by atoms with Crippen molar-refractivity contribution in [1.82, 2.24) is 4.98 Å². The van der Waals surface area contributed by atoms with E-state index in [4.69, 9.17) is 0 Å². The summed E-state index contributed by atoms with van der Waals surface area (Å²) in [5, 5.41) is 9.48. The monoisotopic (exact) mass is 139 g/mol. The molecule has 1 rings (SSSR count). The van der Waals surface area contributed by atoms with Gasteiger partial charge >= 0.3 is 0 Å². The number of aromatic amines is 1. The van der Waals surface area contributed by atoms with E-state index in [0.717, 1.165) is 11.3 Å². The third kappa shape index (κ3) is 1.39. The lowest BCUT2D eigenvalue weighted by Crippen LogP contribution is -2.13. The van der Waals surface area contributed by atoms with Gasteiger partial charge in [-0.25, -0.2) is 0 Å². The minimum Gasteiger partial charge on any atom is -0.386 e. The van der Waals surface area contributed by atoms with Crippen LogP contribution in [-0.2, 0) is 5.60 Å². The van der Waals surface area contributed by atoms with E-state index >= 15 is 0 Å². The van der Waals surface area contributed by atoms with Crippen LogP contribution in [0.1, 0.15) is 25.1 Å². The Morgan fingerprint density at radius 1 is 1.50 bits per heavy atom. The zero-order valence-corrected chi connectivity index (χ0v) is 6.60. The molecule has 0 radical (unpaired) electrons. The van der Waals surface area contributed by atoms with E-state index in [1.165, 1.54) is 0 Å². The number of aromatic nitrogens is 1. The van der Waals surface area contributed by atoms with Crippen LogP contribution in [0.5, 0.6) is 0 Å². The van der Waals surface area contributed by atoms with Crippen molar-refractivity contribution in [2.45, 2.75) is 26.4 Å². The van der Waals surface area contributed by atoms with Gasteiger partial charge in [-0.2, -0.15) is 0 Å². The number of rotatable bonds is 1. The van der Waals surface area contributed by atoms with Crippen LogP contribution in [-0.4, -0.2) is 10.1 Å². The Hall–Kier alpha value is -0.760. The maximum atomic E-state index is 9.48. The topological polar surface area (TPSA) is 36.0 Å². The van der Waals surface area contributed by atoms with Crippen LogP contribution in [0.3, 0.4) is 0 Å².